The zero-order chi connectivity index (χ0) is 11.0. The van der Waals surface area contributed by atoms with Gasteiger partial charge in [0.1, 0.15) is 0 Å². The third-order valence-corrected chi connectivity index (χ3v) is 5.28. The fourth-order valence-electron chi connectivity index (χ4n) is 2.99. The Morgan fingerprint density at radius 2 is 2.25 bits per heavy atom. The SMILES string of the molecule is O=C1NCNC2S/C3=C/CCCCCC3C12. The summed E-state index contributed by atoms with van der Waals surface area (Å²) in [4.78, 5) is 13.4. The summed E-state index contributed by atoms with van der Waals surface area (Å²) in [5, 5.41) is 6.65. The molecular weight excluding hydrogens is 220 g/mol. The highest BCUT2D eigenvalue weighted by atomic mass is 32.2. The number of allylic oxidation sites excluding steroid dienone is 2. The summed E-state index contributed by atoms with van der Waals surface area (Å²) < 4.78 is 0. The van der Waals surface area contributed by atoms with E-state index in [0.29, 0.717) is 18.0 Å². The molecule has 3 nitrogen and oxygen atoms in total. The van der Waals surface area contributed by atoms with Gasteiger partial charge in [-0.15, -0.1) is 11.8 Å². The van der Waals surface area contributed by atoms with Gasteiger partial charge in [-0.2, -0.15) is 0 Å². The lowest BCUT2D eigenvalue weighted by Gasteiger charge is -2.28. The maximum atomic E-state index is 11.9. The normalized spacial score (nSPS) is 42.1. The van der Waals surface area contributed by atoms with Crippen molar-refractivity contribution >= 4 is 17.7 Å². The molecule has 0 spiro atoms. The van der Waals surface area contributed by atoms with E-state index in [1.165, 1.54) is 37.0 Å². The molecule has 2 aliphatic heterocycles. The molecule has 0 aromatic rings. The number of hydrogen-bond acceptors (Lipinski definition) is 3. The monoisotopic (exact) mass is 238 g/mol. The van der Waals surface area contributed by atoms with Crippen LogP contribution in [0.3, 0.4) is 0 Å². The van der Waals surface area contributed by atoms with E-state index in [0.717, 1.165) is 0 Å². The Labute approximate surface area is 100 Å². The van der Waals surface area contributed by atoms with Crippen LogP contribution >= 0.6 is 11.8 Å². The number of fused-ring (bicyclic) bond motifs is 3. The van der Waals surface area contributed by atoms with Crippen LogP contribution < -0.4 is 10.6 Å². The smallest absolute Gasteiger partial charge is 0.227 e. The maximum Gasteiger partial charge on any atom is 0.227 e. The number of nitrogens with one attached hydrogen (secondary N) is 2. The largest absolute Gasteiger partial charge is 0.343 e. The number of amides is 1. The second kappa shape index (κ2) is 4.41. The molecule has 0 aromatic heterocycles. The van der Waals surface area contributed by atoms with E-state index in [-0.39, 0.29) is 11.8 Å². The molecule has 3 aliphatic rings. The maximum absolute atomic E-state index is 11.9. The molecule has 0 radical (unpaired) electrons. The van der Waals surface area contributed by atoms with Gasteiger partial charge < -0.3 is 5.32 Å². The molecule has 2 N–H and O–H groups in total. The molecule has 88 valence electrons. The summed E-state index contributed by atoms with van der Waals surface area (Å²) in [6, 6.07) is 0. The van der Waals surface area contributed by atoms with E-state index in [9.17, 15) is 4.79 Å². The molecule has 16 heavy (non-hydrogen) atoms. The Balaban J connectivity index is 1.87. The van der Waals surface area contributed by atoms with Gasteiger partial charge in [-0.3, -0.25) is 10.1 Å². The van der Waals surface area contributed by atoms with Gasteiger partial charge in [-0.05, 0) is 24.2 Å². The lowest BCUT2D eigenvalue weighted by atomic mass is 9.84. The van der Waals surface area contributed by atoms with Crippen LogP contribution in [0.2, 0.25) is 0 Å². The summed E-state index contributed by atoms with van der Waals surface area (Å²) in [5.74, 6) is 0.913. The van der Waals surface area contributed by atoms with Gasteiger partial charge in [0.25, 0.3) is 0 Å². The first-order valence-corrected chi connectivity index (χ1v) is 7.12. The van der Waals surface area contributed by atoms with Crippen LogP contribution in [-0.2, 0) is 4.79 Å². The number of carbonyl (C=O) groups excluding carboxylic acids is 1. The van der Waals surface area contributed by atoms with Crippen molar-refractivity contribution in [3.8, 4) is 0 Å². The molecular formula is C12H18N2OS. The number of thioether (sulfide) groups is 1. The molecule has 0 bridgehead atoms. The predicted octanol–water partition coefficient (Wildman–Crippen LogP) is 1.82. The average Bonchev–Trinajstić information content (AvgIpc) is 2.57. The lowest BCUT2D eigenvalue weighted by Crippen LogP contribution is -2.53. The summed E-state index contributed by atoms with van der Waals surface area (Å²) in [7, 11) is 0. The molecule has 3 rings (SSSR count). The van der Waals surface area contributed by atoms with Crippen LogP contribution in [0.25, 0.3) is 0 Å². The summed E-state index contributed by atoms with van der Waals surface area (Å²) in [6.45, 7) is 0.632. The molecule has 4 heteroatoms. The Bertz CT molecular complexity index is 329. The third-order valence-electron chi connectivity index (χ3n) is 3.82. The molecule has 1 aliphatic carbocycles. The van der Waals surface area contributed by atoms with Crippen LogP contribution in [0.1, 0.15) is 32.1 Å². The van der Waals surface area contributed by atoms with E-state index in [1.807, 2.05) is 11.8 Å². The molecule has 2 saturated heterocycles. The zero-order valence-electron chi connectivity index (χ0n) is 9.37. The number of hydrogen-bond donors (Lipinski definition) is 2. The van der Waals surface area contributed by atoms with Crippen molar-refractivity contribution in [1.82, 2.24) is 10.6 Å². The van der Waals surface area contributed by atoms with Gasteiger partial charge >= 0.3 is 0 Å². The van der Waals surface area contributed by atoms with Gasteiger partial charge in [0.05, 0.1) is 18.0 Å². The quantitative estimate of drug-likeness (QED) is 0.676. The molecule has 3 atom stereocenters. The summed E-state index contributed by atoms with van der Waals surface area (Å²) in [5.41, 5.74) is 0. The first kappa shape index (κ1) is 10.7. The fraction of sp³-hybridized carbons (Fsp3) is 0.750. The lowest BCUT2D eigenvalue weighted by molar-refractivity contribution is -0.128. The summed E-state index contributed by atoms with van der Waals surface area (Å²) >= 11 is 1.89. The van der Waals surface area contributed by atoms with E-state index < -0.39 is 0 Å². The van der Waals surface area contributed by atoms with Crippen molar-refractivity contribution in [2.24, 2.45) is 11.8 Å². The van der Waals surface area contributed by atoms with Crippen molar-refractivity contribution in [1.29, 1.82) is 0 Å². The highest BCUT2D eigenvalue weighted by Gasteiger charge is 2.45. The highest BCUT2D eigenvalue weighted by molar-refractivity contribution is 8.04. The highest BCUT2D eigenvalue weighted by Crippen LogP contribution is 2.49. The van der Waals surface area contributed by atoms with Gasteiger partial charge in [-0.1, -0.05) is 18.9 Å². The Morgan fingerprint density at radius 1 is 1.31 bits per heavy atom. The summed E-state index contributed by atoms with van der Waals surface area (Å²) in [6.07, 6.45) is 8.67. The van der Waals surface area contributed by atoms with Gasteiger partial charge in [0, 0.05) is 5.92 Å². The Morgan fingerprint density at radius 3 is 3.19 bits per heavy atom. The van der Waals surface area contributed by atoms with E-state index in [2.05, 4.69) is 16.7 Å². The minimum atomic E-state index is 0.170. The van der Waals surface area contributed by atoms with Gasteiger partial charge in [-0.25, -0.2) is 0 Å². The van der Waals surface area contributed by atoms with Crippen molar-refractivity contribution < 1.29 is 4.79 Å². The van der Waals surface area contributed by atoms with Crippen LogP contribution in [0.5, 0.6) is 0 Å². The average molecular weight is 238 g/mol. The van der Waals surface area contributed by atoms with E-state index in [4.69, 9.17) is 0 Å². The minimum Gasteiger partial charge on any atom is -0.343 e. The van der Waals surface area contributed by atoms with Crippen LogP contribution in [-0.4, -0.2) is 17.9 Å². The second-order valence-electron chi connectivity index (χ2n) is 4.84. The van der Waals surface area contributed by atoms with Crippen LogP contribution in [0, 0.1) is 11.8 Å². The standard InChI is InChI=1S/C12H18N2OS/c15-11-10-8-5-3-1-2-4-6-9(8)16-12(10)14-7-13-11/h6,8,10,12,14H,1-5,7H2,(H,13,15)/b9-6+. The van der Waals surface area contributed by atoms with E-state index >= 15 is 0 Å². The molecule has 3 unspecified atom stereocenters. The first-order valence-electron chi connectivity index (χ1n) is 6.24. The second-order valence-corrected chi connectivity index (χ2v) is 6.05. The molecule has 2 heterocycles. The Kier molecular flexibility index (Phi) is 2.94. The van der Waals surface area contributed by atoms with Crippen molar-refractivity contribution in [2.45, 2.75) is 37.5 Å². The first-order chi connectivity index (χ1) is 7.86. The topological polar surface area (TPSA) is 41.1 Å². The van der Waals surface area contributed by atoms with Gasteiger partial charge in [0.15, 0.2) is 0 Å². The molecule has 0 saturated carbocycles. The van der Waals surface area contributed by atoms with Crippen LogP contribution in [0.15, 0.2) is 11.0 Å². The minimum absolute atomic E-state index is 0.170. The van der Waals surface area contributed by atoms with Crippen molar-refractivity contribution in [3.63, 3.8) is 0 Å². The van der Waals surface area contributed by atoms with Crippen molar-refractivity contribution in [2.75, 3.05) is 6.67 Å². The number of rotatable bonds is 0. The Hall–Kier alpha value is -0.480. The third kappa shape index (κ3) is 1.78. The predicted molar refractivity (Wildman–Crippen MR) is 65.7 cm³/mol. The molecule has 0 aromatic carbocycles. The molecule has 2 fully saturated rings. The fourth-order valence-corrected chi connectivity index (χ4v) is 4.56. The molecule has 1 amide bonds. The van der Waals surface area contributed by atoms with Crippen LogP contribution in [0.4, 0.5) is 0 Å². The number of carbonyl (C=O) groups is 1. The van der Waals surface area contributed by atoms with E-state index in [1.54, 1.807) is 0 Å². The van der Waals surface area contributed by atoms with Crippen molar-refractivity contribution in [3.05, 3.63) is 11.0 Å². The van der Waals surface area contributed by atoms with Gasteiger partial charge in [0.2, 0.25) is 5.91 Å². The zero-order valence-corrected chi connectivity index (χ0v) is 10.2.